The number of hydrogen-bond acceptors (Lipinski definition) is 3. The summed E-state index contributed by atoms with van der Waals surface area (Å²) in [5.74, 6) is 0. The average Bonchev–Trinajstić information content (AvgIpc) is 2.57. The Morgan fingerprint density at radius 2 is 2.31 bits per heavy atom. The van der Waals surface area contributed by atoms with Crippen molar-refractivity contribution in [3.05, 3.63) is 24.2 Å². The van der Waals surface area contributed by atoms with E-state index < -0.39 is 0 Å². The van der Waals surface area contributed by atoms with E-state index in [1.165, 1.54) is 0 Å². The summed E-state index contributed by atoms with van der Waals surface area (Å²) in [5.41, 5.74) is 0.859. The lowest BCUT2D eigenvalue weighted by atomic mass is 9.97. The molecule has 3 nitrogen and oxygen atoms in total. The summed E-state index contributed by atoms with van der Waals surface area (Å²) >= 11 is 0. The first-order valence-electron chi connectivity index (χ1n) is 4.34. The van der Waals surface area contributed by atoms with Gasteiger partial charge in [0.2, 0.25) is 0 Å². The highest BCUT2D eigenvalue weighted by Gasteiger charge is 2.16. The highest BCUT2D eigenvalue weighted by atomic mass is 16.5. The van der Waals surface area contributed by atoms with Crippen LogP contribution in [-0.2, 0) is 11.3 Å². The van der Waals surface area contributed by atoms with Gasteiger partial charge in [0, 0.05) is 11.0 Å². The van der Waals surface area contributed by atoms with Gasteiger partial charge in [0.15, 0.2) is 0 Å². The van der Waals surface area contributed by atoms with E-state index in [1.807, 2.05) is 19.9 Å². The Bertz CT molecular complexity index is 226. The van der Waals surface area contributed by atoms with Crippen molar-refractivity contribution in [1.82, 2.24) is 0 Å². The zero-order valence-corrected chi connectivity index (χ0v) is 8.12. The van der Waals surface area contributed by atoms with Gasteiger partial charge in [-0.05, 0) is 6.07 Å². The highest BCUT2D eigenvalue weighted by Crippen LogP contribution is 2.14. The topological polar surface area (TPSA) is 42.6 Å². The maximum Gasteiger partial charge on any atom is 0.0957 e. The zero-order valence-electron chi connectivity index (χ0n) is 8.12. The predicted octanol–water partition coefficient (Wildman–Crippen LogP) is 1.81. The van der Waals surface area contributed by atoms with Crippen LogP contribution in [0.25, 0.3) is 0 Å². The molecule has 0 aliphatic rings. The molecule has 0 aliphatic heterocycles. The number of furan rings is 1. The molecule has 0 bridgehead atoms. The second-order valence-corrected chi connectivity index (χ2v) is 3.95. The molecule has 0 radical (unpaired) electrons. The average molecular weight is 184 g/mol. The molecular weight excluding hydrogens is 168 g/mol. The van der Waals surface area contributed by atoms with E-state index in [1.54, 1.807) is 12.5 Å². The Labute approximate surface area is 78.3 Å². The number of hydrogen-bond donors (Lipinski definition) is 1. The van der Waals surface area contributed by atoms with Crippen LogP contribution in [0.5, 0.6) is 0 Å². The van der Waals surface area contributed by atoms with E-state index in [4.69, 9.17) is 14.3 Å². The summed E-state index contributed by atoms with van der Waals surface area (Å²) in [5, 5.41) is 8.95. The molecule has 0 saturated heterocycles. The van der Waals surface area contributed by atoms with Gasteiger partial charge in [-0.1, -0.05) is 13.8 Å². The summed E-state index contributed by atoms with van der Waals surface area (Å²) in [6.45, 7) is 5.15. The lowest BCUT2D eigenvalue weighted by Crippen LogP contribution is -2.23. The van der Waals surface area contributed by atoms with Crippen molar-refractivity contribution in [2.24, 2.45) is 5.41 Å². The van der Waals surface area contributed by atoms with Crippen molar-refractivity contribution in [2.45, 2.75) is 20.5 Å². The first-order chi connectivity index (χ1) is 6.14. The van der Waals surface area contributed by atoms with Gasteiger partial charge < -0.3 is 14.3 Å². The lowest BCUT2D eigenvalue weighted by molar-refractivity contribution is 0.0196. The van der Waals surface area contributed by atoms with Crippen LogP contribution in [-0.4, -0.2) is 18.3 Å². The minimum absolute atomic E-state index is 0.137. The molecule has 0 unspecified atom stereocenters. The number of rotatable bonds is 5. The van der Waals surface area contributed by atoms with E-state index in [9.17, 15) is 0 Å². The SMILES string of the molecule is CC(C)(CO)COCc1ccoc1. The Morgan fingerprint density at radius 3 is 2.85 bits per heavy atom. The summed E-state index contributed by atoms with van der Waals surface area (Å²) in [6.07, 6.45) is 3.28. The first-order valence-corrected chi connectivity index (χ1v) is 4.34. The van der Waals surface area contributed by atoms with Gasteiger partial charge in [0.25, 0.3) is 0 Å². The molecule has 74 valence electrons. The third kappa shape index (κ3) is 3.61. The Hall–Kier alpha value is -0.800. The largest absolute Gasteiger partial charge is 0.472 e. The molecule has 0 amide bonds. The van der Waals surface area contributed by atoms with Gasteiger partial charge >= 0.3 is 0 Å². The second-order valence-electron chi connectivity index (χ2n) is 3.95. The van der Waals surface area contributed by atoms with Crippen LogP contribution in [0.1, 0.15) is 19.4 Å². The molecule has 0 atom stereocenters. The molecule has 0 saturated carbocycles. The van der Waals surface area contributed by atoms with Crippen LogP contribution in [0.2, 0.25) is 0 Å². The molecule has 1 aromatic rings. The molecule has 1 aromatic heterocycles. The fraction of sp³-hybridized carbons (Fsp3) is 0.600. The van der Waals surface area contributed by atoms with E-state index in [0.717, 1.165) is 5.56 Å². The van der Waals surface area contributed by atoms with E-state index >= 15 is 0 Å². The van der Waals surface area contributed by atoms with Gasteiger partial charge in [-0.15, -0.1) is 0 Å². The number of aliphatic hydroxyl groups excluding tert-OH is 1. The maximum absolute atomic E-state index is 8.95. The normalized spacial score (nSPS) is 11.9. The van der Waals surface area contributed by atoms with E-state index in [-0.39, 0.29) is 12.0 Å². The Morgan fingerprint density at radius 1 is 1.54 bits per heavy atom. The van der Waals surface area contributed by atoms with Crippen LogP contribution in [0.15, 0.2) is 23.0 Å². The van der Waals surface area contributed by atoms with E-state index in [2.05, 4.69) is 0 Å². The summed E-state index contributed by atoms with van der Waals surface area (Å²) in [7, 11) is 0. The van der Waals surface area contributed by atoms with Crippen LogP contribution in [0, 0.1) is 5.41 Å². The third-order valence-corrected chi connectivity index (χ3v) is 1.77. The predicted molar refractivity (Wildman–Crippen MR) is 49.2 cm³/mol. The smallest absolute Gasteiger partial charge is 0.0957 e. The quantitative estimate of drug-likeness (QED) is 0.759. The maximum atomic E-state index is 8.95. The molecule has 0 spiro atoms. The van der Waals surface area contributed by atoms with Crippen LogP contribution >= 0.6 is 0 Å². The fourth-order valence-corrected chi connectivity index (χ4v) is 0.866. The standard InChI is InChI=1S/C10H16O3/c1-10(2,7-11)8-13-6-9-3-4-12-5-9/h3-5,11H,6-8H2,1-2H3. The lowest BCUT2D eigenvalue weighted by Gasteiger charge is -2.20. The minimum atomic E-state index is -0.163. The molecule has 1 N–H and O–H groups in total. The van der Waals surface area contributed by atoms with Gasteiger partial charge in [0.05, 0.1) is 32.3 Å². The molecule has 3 heteroatoms. The molecular formula is C10H16O3. The van der Waals surface area contributed by atoms with Crippen molar-refractivity contribution in [2.75, 3.05) is 13.2 Å². The molecule has 0 aliphatic carbocycles. The third-order valence-electron chi connectivity index (χ3n) is 1.77. The van der Waals surface area contributed by atoms with Gasteiger partial charge in [0.1, 0.15) is 0 Å². The fourth-order valence-electron chi connectivity index (χ4n) is 0.866. The van der Waals surface area contributed by atoms with Crippen molar-refractivity contribution >= 4 is 0 Å². The van der Waals surface area contributed by atoms with Crippen molar-refractivity contribution in [3.63, 3.8) is 0 Å². The summed E-state index contributed by atoms with van der Waals surface area (Å²) in [4.78, 5) is 0. The van der Waals surface area contributed by atoms with Gasteiger partial charge in [-0.25, -0.2) is 0 Å². The first kappa shape index (κ1) is 10.3. The molecule has 1 heterocycles. The van der Waals surface area contributed by atoms with Crippen LogP contribution in [0.3, 0.4) is 0 Å². The molecule has 1 rings (SSSR count). The monoisotopic (exact) mass is 184 g/mol. The minimum Gasteiger partial charge on any atom is -0.472 e. The molecule has 0 fully saturated rings. The van der Waals surface area contributed by atoms with Crippen LogP contribution in [0.4, 0.5) is 0 Å². The number of ether oxygens (including phenoxy) is 1. The molecule has 0 aromatic carbocycles. The Kier molecular flexibility index (Phi) is 3.51. The highest BCUT2D eigenvalue weighted by molar-refractivity contribution is 5.03. The number of aliphatic hydroxyl groups is 1. The van der Waals surface area contributed by atoms with Crippen LogP contribution < -0.4 is 0 Å². The van der Waals surface area contributed by atoms with Gasteiger partial charge in [-0.3, -0.25) is 0 Å². The summed E-state index contributed by atoms with van der Waals surface area (Å²) < 4.78 is 10.3. The van der Waals surface area contributed by atoms with Crippen molar-refractivity contribution < 1.29 is 14.3 Å². The zero-order chi connectivity index (χ0) is 9.73. The van der Waals surface area contributed by atoms with Crippen molar-refractivity contribution in [1.29, 1.82) is 0 Å². The van der Waals surface area contributed by atoms with Crippen molar-refractivity contribution in [3.8, 4) is 0 Å². The summed E-state index contributed by atoms with van der Waals surface area (Å²) in [6, 6.07) is 1.87. The van der Waals surface area contributed by atoms with Gasteiger partial charge in [-0.2, -0.15) is 0 Å². The molecule has 13 heavy (non-hydrogen) atoms. The second kappa shape index (κ2) is 4.44. The Balaban J connectivity index is 2.21. The van der Waals surface area contributed by atoms with E-state index in [0.29, 0.717) is 13.2 Å².